The molecule has 3 aliphatic rings. The van der Waals surface area contributed by atoms with Gasteiger partial charge in [-0.25, -0.2) is 13.6 Å². The molecule has 9 heteroatoms. The van der Waals surface area contributed by atoms with E-state index in [1.54, 1.807) is 7.05 Å². The van der Waals surface area contributed by atoms with Gasteiger partial charge in [0.15, 0.2) is 0 Å². The molecule has 1 aromatic rings. The Morgan fingerprint density at radius 2 is 1.79 bits per heavy atom. The Hall–Kier alpha value is -1.31. The summed E-state index contributed by atoms with van der Waals surface area (Å²) in [5, 5.41) is 4.29. The van der Waals surface area contributed by atoms with Crippen LogP contribution in [0.25, 0.3) is 0 Å². The normalized spacial score (nSPS) is 26.0. The minimum absolute atomic E-state index is 0.155. The number of nitrogens with one attached hydrogen (secondary N) is 1. The standard InChI is InChI=1S/C24H34Cl2F2N4O/c1-30(19-15-24(27,28)16-19)23(33)29-18-7-5-17(6-8-18)9-10-31-11-13-32(14-12-31)21-4-2-3-20(25)22(21)26/h2-4,17-19H,5-16H2,1H3,(H,29,33). The number of carbonyl (C=O) groups is 1. The summed E-state index contributed by atoms with van der Waals surface area (Å²) in [7, 11) is 1.63. The Bertz CT molecular complexity index is 819. The van der Waals surface area contributed by atoms with Gasteiger partial charge in [0.2, 0.25) is 0 Å². The van der Waals surface area contributed by atoms with Crippen molar-refractivity contribution in [3.63, 3.8) is 0 Å². The van der Waals surface area contributed by atoms with Gasteiger partial charge >= 0.3 is 6.03 Å². The maximum absolute atomic E-state index is 13.1. The zero-order valence-electron chi connectivity index (χ0n) is 19.2. The molecule has 5 nitrogen and oxygen atoms in total. The SMILES string of the molecule is CN(C(=O)NC1CCC(CCN2CCN(c3cccc(Cl)c3Cl)CC2)CC1)C1CC(F)(F)C1. The highest BCUT2D eigenvalue weighted by molar-refractivity contribution is 6.43. The molecule has 0 radical (unpaired) electrons. The highest BCUT2D eigenvalue weighted by Gasteiger charge is 2.48. The average molecular weight is 503 g/mol. The van der Waals surface area contributed by atoms with E-state index in [0.29, 0.717) is 16.0 Å². The molecule has 0 aromatic heterocycles. The zero-order chi connectivity index (χ0) is 23.6. The van der Waals surface area contributed by atoms with Crippen molar-refractivity contribution in [3.8, 4) is 0 Å². The van der Waals surface area contributed by atoms with Crippen LogP contribution >= 0.6 is 23.2 Å². The molecule has 2 amide bonds. The monoisotopic (exact) mass is 502 g/mol. The summed E-state index contributed by atoms with van der Waals surface area (Å²) < 4.78 is 26.1. The van der Waals surface area contributed by atoms with Crippen molar-refractivity contribution in [1.82, 2.24) is 15.1 Å². The Morgan fingerprint density at radius 3 is 2.42 bits per heavy atom. The molecule has 0 bridgehead atoms. The number of carbonyl (C=O) groups excluding carboxylic acids is 1. The topological polar surface area (TPSA) is 38.8 Å². The van der Waals surface area contributed by atoms with Crippen LogP contribution in [0.1, 0.15) is 44.9 Å². The van der Waals surface area contributed by atoms with E-state index in [1.807, 2.05) is 18.2 Å². The van der Waals surface area contributed by atoms with Crippen molar-refractivity contribution in [2.45, 2.75) is 63.0 Å². The highest BCUT2D eigenvalue weighted by atomic mass is 35.5. The molecular formula is C24H34Cl2F2N4O. The number of urea groups is 1. The van der Waals surface area contributed by atoms with Crippen LogP contribution in [0.2, 0.25) is 10.0 Å². The Labute approximate surface area is 205 Å². The lowest BCUT2D eigenvalue weighted by molar-refractivity contribution is -0.111. The largest absolute Gasteiger partial charge is 0.368 e. The summed E-state index contributed by atoms with van der Waals surface area (Å²) in [4.78, 5) is 18.7. The molecule has 0 atom stereocenters. The summed E-state index contributed by atoms with van der Waals surface area (Å²) in [6, 6.07) is 5.39. The van der Waals surface area contributed by atoms with E-state index in [4.69, 9.17) is 23.2 Å². The van der Waals surface area contributed by atoms with Crippen LogP contribution in [0.15, 0.2) is 18.2 Å². The van der Waals surface area contributed by atoms with Crippen molar-refractivity contribution in [1.29, 1.82) is 0 Å². The first-order valence-electron chi connectivity index (χ1n) is 12.0. The second-order valence-corrected chi connectivity index (χ2v) is 10.7. The van der Waals surface area contributed by atoms with Crippen molar-refractivity contribution < 1.29 is 13.6 Å². The van der Waals surface area contributed by atoms with Crippen LogP contribution in [0, 0.1) is 5.92 Å². The lowest BCUT2D eigenvalue weighted by atomic mass is 9.84. The van der Waals surface area contributed by atoms with E-state index in [1.165, 1.54) is 11.3 Å². The van der Waals surface area contributed by atoms with E-state index >= 15 is 0 Å². The number of amides is 2. The molecule has 1 aliphatic heterocycles. The maximum atomic E-state index is 13.1. The lowest BCUT2D eigenvalue weighted by Crippen LogP contribution is -2.55. The Balaban J connectivity index is 1.12. The summed E-state index contributed by atoms with van der Waals surface area (Å²) in [5.74, 6) is -1.92. The van der Waals surface area contributed by atoms with Crippen molar-refractivity contribution in [3.05, 3.63) is 28.2 Å². The molecule has 1 saturated heterocycles. The van der Waals surface area contributed by atoms with E-state index in [0.717, 1.165) is 64.1 Å². The van der Waals surface area contributed by atoms with Crippen LogP contribution in [-0.2, 0) is 0 Å². The van der Waals surface area contributed by atoms with Gasteiger partial charge < -0.3 is 15.1 Å². The van der Waals surface area contributed by atoms with E-state index < -0.39 is 5.92 Å². The van der Waals surface area contributed by atoms with Crippen LogP contribution in [-0.4, -0.2) is 73.6 Å². The summed E-state index contributed by atoms with van der Waals surface area (Å²) in [5.41, 5.74) is 1.01. The van der Waals surface area contributed by atoms with Crippen LogP contribution in [0.4, 0.5) is 19.3 Å². The van der Waals surface area contributed by atoms with Gasteiger partial charge in [-0.1, -0.05) is 29.3 Å². The number of anilines is 1. The molecule has 1 aromatic carbocycles. The molecule has 1 N–H and O–H groups in total. The molecule has 184 valence electrons. The third kappa shape index (κ3) is 6.23. The van der Waals surface area contributed by atoms with Gasteiger partial charge in [0, 0.05) is 58.2 Å². The van der Waals surface area contributed by atoms with Gasteiger partial charge in [0.1, 0.15) is 0 Å². The number of hydrogen-bond donors (Lipinski definition) is 1. The molecule has 2 saturated carbocycles. The third-order valence-corrected chi connectivity index (χ3v) is 8.42. The number of piperazine rings is 1. The fraction of sp³-hybridized carbons (Fsp3) is 0.708. The molecular weight excluding hydrogens is 469 g/mol. The average Bonchev–Trinajstić information content (AvgIpc) is 2.78. The number of benzene rings is 1. The molecule has 2 aliphatic carbocycles. The number of nitrogens with zero attached hydrogens (tertiary/aromatic N) is 3. The molecule has 3 fully saturated rings. The van der Waals surface area contributed by atoms with Crippen LogP contribution < -0.4 is 10.2 Å². The molecule has 33 heavy (non-hydrogen) atoms. The van der Waals surface area contributed by atoms with Gasteiger partial charge in [-0.2, -0.15) is 0 Å². The summed E-state index contributed by atoms with van der Waals surface area (Å²) in [6.07, 6.45) is 4.88. The molecule has 4 rings (SSSR count). The molecule has 0 unspecified atom stereocenters. The first-order valence-corrected chi connectivity index (χ1v) is 12.8. The van der Waals surface area contributed by atoms with Crippen molar-refractivity contribution in [2.75, 3.05) is 44.7 Å². The predicted molar refractivity (Wildman–Crippen MR) is 130 cm³/mol. The molecule has 0 spiro atoms. The van der Waals surface area contributed by atoms with Gasteiger partial charge in [0.25, 0.3) is 5.92 Å². The number of rotatable bonds is 6. The predicted octanol–water partition coefficient (Wildman–Crippen LogP) is 5.50. The first kappa shape index (κ1) is 24.8. The fourth-order valence-electron chi connectivity index (χ4n) is 5.26. The van der Waals surface area contributed by atoms with Gasteiger partial charge in [-0.05, 0) is 56.7 Å². The summed E-state index contributed by atoms with van der Waals surface area (Å²) >= 11 is 12.5. The Morgan fingerprint density at radius 1 is 1.12 bits per heavy atom. The van der Waals surface area contributed by atoms with Gasteiger partial charge in [0.05, 0.1) is 15.7 Å². The van der Waals surface area contributed by atoms with Gasteiger partial charge in [-0.3, -0.25) is 4.90 Å². The summed E-state index contributed by atoms with van der Waals surface area (Å²) in [6.45, 7) is 5.01. The number of halogens is 4. The van der Waals surface area contributed by atoms with E-state index in [-0.39, 0.29) is 31.0 Å². The second kappa shape index (κ2) is 10.5. The number of hydrogen-bond acceptors (Lipinski definition) is 3. The van der Waals surface area contributed by atoms with Crippen molar-refractivity contribution in [2.24, 2.45) is 5.92 Å². The van der Waals surface area contributed by atoms with E-state index in [2.05, 4.69) is 15.1 Å². The number of alkyl halides is 2. The van der Waals surface area contributed by atoms with Crippen molar-refractivity contribution >= 4 is 34.9 Å². The zero-order valence-corrected chi connectivity index (χ0v) is 20.7. The van der Waals surface area contributed by atoms with Crippen LogP contribution in [0.3, 0.4) is 0 Å². The second-order valence-electron chi connectivity index (χ2n) is 9.89. The quantitative estimate of drug-likeness (QED) is 0.557. The maximum Gasteiger partial charge on any atom is 0.317 e. The smallest absolute Gasteiger partial charge is 0.317 e. The van der Waals surface area contributed by atoms with E-state index in [9.17, 15) is 13.6 Å². The fourth-order valence-corrected chi connectivity index (χ4v) is 5.67. The van der Waals surface area contributed by atoms with Gasteiger partial charge in [-0.15, -0.1) is 0 Å². The third-order valence-electron chi connectivity index (χ3n) is 7.61. The minimum atomic E-state index is -2.60. The first-order chi connectivity index (χ1) is 15.7. The van der Waals surface area contributed by atoms with Crippen LogP contribution in [0.5, 0.6) is 0 Å². The Kier molecular flexibility index (Phi) is 7.91. The molecule has 1 heterocycles. The minimum Gasteiger partial charge on any atom is -0.368 e. The lowest BCUT2D eigenvalue weighted by Gasteiger charge is -2.41. The highest BCUT2D eigenvalue weighted by Crippen LogP contribution is 2.40.